The minimum atomic E-state index is -1.43. The fraction of sp³-hybridized carbons (Fsp3) is 0.508. The number of benzene rings is 4. The van der Waals surface area contributed by atoms with E-state index in [1.165, 1.54) is 21.7 Å². The van der Waals surface area contributed by atoms with Gasteiger partial charge in [-0.15, -0.1) is 0 Å². The number of piperazine rings is 1. The number of hydrazone groups is 1. The molecule has 2 fully saturated rings. The lowest BCUT2D eigenvalue weighted by Crippen LogP contribution is -2.56. The highest BCUT2D eigenvalue weighted by molar-refractivity contribution is 8.15. The number of nitrogens with one attached hydrogen (secondary N) is 1. The number of fused-ring (bicyclic) bond motifs is 2. The molecule has 9 rings (SSSR count). The van der Waals surface area contributed by atoms with Crippen LogP contribution in [-0.2, 0) is 32.0 Å². The van der Waals surface area contributed by atoms with Gasteiger partial charge in [-0.1, -0.05) is 97.6 Å². The topological polar surface area (TPSA) is 182 Å². The predicted octanol–water partition coefficient (Wildman–Crippen LogP) is 11.9. The molecular weight excluding hydrogens is 1160 g/mol. The second-order valence-corrected chi connectivity index (χ2v) is 31.9. The average molecular weight is 1240 g/mol. The van der Waals surface area contributed by atoms with Gasteiger partial charge in [0.15, 0.2) is 0 Å². The van der Waals surface area contributed by atoms with E-state index in [1.807, 2.05) is 42.5 Å². The normalized spacial score (nSPS) is 19.1. The lowest BCUT2D eigenvalue weighted by atomic mass is 10.0. The first-order valence-corrected chi connectivity index (χ1v) is 34.7. The number of ether oxygens (including phenoxy) is 4. The zero-order valence-electron chi connectivity index (χ0n) is 50.5. The van der Waals surface area contributed by atoms with E-state index in [9.17, 15) is 24.0 Å². The summed E-state index contributed by atoms with van der Waals surface area (Å²) in [6, 6.07) is 27.4. The van der Waals surface area contributed by atoms with Crippen molar-refractivity contribution >= 4 is 77.0 Å². The van der Waals surface area contributed by atoms with Crippen LogP contribution in [0.5, 0.6) is 6.01 Å². The fourth-order valence-electron chi connectivity index (χ4n) is 11.4. The van der Waals surface area contributed by atoms with Gasteiger partial charge in [0.1, 0.15) is 39.6 Å². The number of aromatic nitrogens is 2. The Morgan fingerprint density at radius 2 is 1.72 bits per heavy atom. The molecule has 4 aliphatic rings. The number of hydrogen-bond acceptors (Lipinski definition) is 15. The lowest BCUT2D eigenvalue weighted by molar-refractivity contribution is 0.0523. The first-order chi connectivity index (χ1) is 41.2. The van der Waals surface area contributed by atoms with Crippen molar-refractivity contribution in [2.24, 2.45) is 5.10 Å². The summed E-state index contributed by atoms with van der Waals surface area (Å²) < 4.78 is 54.1. The van der Waals surface area contributed by atoms with Gasteiger partial charge in [0.05, 0.1) is 49.0 Å². The minimum absolute atomic E-state index is 0.0611. The Balaban J connectivity index is 0.837. The quantitative estimate of drug-likeness (QED) is 0.0510. The molecule has 0 spiro atoms. The largest absolute Gasteiger partial charge is 0.462 e. The number of alkyl carbamates (subject to hydrolysis) is 1. The van der Waals surface area contributed by atoms with Crippen molar-refractivity contribution in [3.8, 4) is 12.1 Å². The van der Waals surface area contributed by atoms with E-state index in [0.717, 1.165) is 95.7 Å². The summed E-state index contributed by atoms with van der Waals surface area (Å²) in [7, 11) is 0.232. The summed E-state index contributed by atoms with van der Waals surface area (Å²) in [6.07, 6.45) is 3.22. The molecule has 0 radical (unpaired) electrons. The van der Waals surface area contributed by atoms with E-state index in [0.29, 0.717) is 76.8 Å². The Kier molecular flexibility index (Phi) is 21.0. The molecule has 23 heteroatoms. The molecular formula is C63H80ClF2N11O7SSi. The molecule has 460 valence electrons. The summed E-state index contributed by atoms with van der Waals surface area (Å²) in [4.78, 5) is 59.9. The summed E-state index contributed by atoms with van der Waals surface area (Å²) in [6.45, 7) is 18.1. The number of thioether (sulfide) groups is 1. The maximum absolute atomic E-state index is 15.4. The van der Waals surface area contributed by atoms with Crippen molar-refractivity contribution in [3.63, 3.8) is 0 Å². The van der Waals surface area contributed by atoms with Gasteiger partial charge in [0.2, 0.25) is 0 Å². The Labute approximate surface area is 514 Å². The molecule has 2 saturated heterocycles. The maximum atomic E-state index is 15.4. The molecule has 4 aromatic carbocycles. The number of likely N-dealkylation sites (tertiary alicyclic amines) is 1. The fourth-order valence-corrected chi connectivity index (χ4v) is 13.8. The molecule has 0 saturated carbocycles. The van der Waals surface area contributed by atoms with Crippen LogP contribution in [0.1, 0.15) is 81.7 Å². The Morgan fingerprint density at radius 3 is 2.49 bits per heavy atom. The Bertz CT molecular complexity index is 3280. The number of carbonyl (C=O) groups is 3. The molecule has 5 aromatic rings. The molecule has 0 bridgehead atoms. The van der Waals surface area contributed by atoms with Crippen molar-refractivity contribution in [3.05, 3.63) is 124 Å². The number of anilines is 2. The van der Waals surface area contributed by atoms with Gasteiger partial charge in [0.25, 0.3) is 0 Å². The average Bonchev–Trinajstić information content (AvgIpc) is 1.89. The molecule has 3 atom stereocenters. The number of urea groups is 1. The SMILES string of the molecule is CN(CCOCCCN1CCC[C@H]1COc1nc2c(c(N3CCN(C(=O)OCC[Si](C)(C)C)[C@@H](CC#N)C3)n1)CCN(c1cccc3cccc(Cl)c13)C2)C(=O)N1N=C(c2cc(F)ccc2F)S[C@@]1(CCCNC(=O)OC(C)(C)C)c1ccccc1. The minimum Gasteiger partial charge on any atom is -0.462 e. The third kappa shape index (κ3) is 15.9. The monoisotopic (exact) mass is 1240 g/mol. The van der Waals surface area contributed by atoms with E-state index in [4.69, 9.17) is 45.6 Å². The van der Waals surface area contributed by atoms with Crippen molar-refractivity contribution < 1.29 is 42.1 Å². The molecule has 1 N–H and O–H groups in total. The van der Waals surface area contributed by atoms with Crippen LogP contribution in [0.4, 0.5) is 34.7 Å². The van der Waals surface area contributed by atoms with Crippen LogP contribution in [0.3, 0.4) is 0 Å². The van der Waals surface area contributed by atoms with Crippen LogP contribution >= 0.6 is 23.4 Å². The van der Waals surface area contributed by atoms with Crippen LogP contribution in [0.25, 0.3) is 10.8 Å². The second-order valence-electron chi connectivity index (χ2n) is 24.6. The van der Waals surface area contributed by atoms with Crippen LogP contribution in [-0.4, -0.2) is 165 Å². The number of carbonyl (C=O) groups excluding carboxylic acids is 3. The number of halogens is 3. The highest BCUT2D eigenvalue weighted by atomic mass is 35.5. The van der Waals surface area contributed by atoms with Crippen molar-refractivity contribution in [1.82, 2.24) is 35.0 Å². The van der Waals surface area contributed by atoms with Gasteiger partial charge in [-0.25, -0.2) is 23.2 Å². The summed E-state index contributed by atoms with van der Waals surface area (Å²) in [5, 5.41) is 21.7. The number of nitriles is 1. The van der Waals surface area contributed by atoms with Crippen LogP contribution in [0.2, 0.25) is 30.7 Å². The first-order valence-electron chi connectivity index (χ1n) is 29.8. The van der Waals surface area contributed by atoms with E-state index in [1.54, 1.807) is 32.7 Å². The molecule has 86 heavy (non-hydrogen) atoms. The van der Waals surface area contributed by atoms with E-state index in [2.05, 4.69) is 70.0 Å². The molecule has 0 aliphatic carbocycles. The molecule has 18 nitrogen and oxygen atoms in total. The van der Waals surface area contributed by atoms with Gasteiger partial charge in [-0.2, -0.15) is 25.3 Å². The zero-order valence-corrected chi connectivity index (χ0v) is 53.0. The van der Waals surface area contributed by atoms with Gasteiger partial charge < -0.3 is 43.9 Å². The highest BCUT2D eigenvalue weighted by Gasteiger charge is 2.50. The van der Waals surface area contributed by atoms with Crippen molar-refractivity contribution in [2.45, 2.75) is 121 Å². The van der Waals surface area contributed by atoms with E-state index in [-0.39, 0.29) is 60.9 Å². The van der Waals surface area contributed by atoms with Gasteiger partial charge in [0, 0.05) is 95.8 Å². The van der Waals surface area contributed by atoms with Crippen LogP contribution < -0.4 is 19.9 Å². The van der Waals surface area contributed by atoms with Crippen LogP contribution in [0.15, 0.2) is 90.0 Å². The number of nitrogens with zero attached hydrogens (tertiary/aromatic N) is 10. The van der Waals surface area contributed by atoms with Gasteiger partial charge in [-0.05, 0) is 113 Å². The van der Waals surface area contributed by atoms with Gasteiger partial charge in [-0.3, -0.25) is 4.90 Å². The van der Waals surface area contributed by atoms with Crippen molar-refractivity contribution in [1.29, 1.82) is 5.26 Å². The summed E-state index contributed by atoms with van der Waals surface area (Å²) >= 11 is 8.03. The number of likely N-dealkylation sites (N-methyl/N-ethyl adjacent to an activating group) is 1. The standard InChI is InChI=1S/C63H80ClF2N11O7SSi/c1-62(2,3)84-59(78)68-29-14-27-63(45-18-9-8-10-19-45)77(71-57(85-63)50-40-46(65)23-24-52(50)66)60(79)72(4)35-37-81-36-15-31-73-30-13-20-48(73)43-83-58-69-53-42-74(54-22-12-17-44-16-11-21-51(64)55(44)54)32-26-49(53)56(70-58)75-33-34-76(47(41-75)25-28-67)61(80)82-38-39-86(5,6)7/h8-12,16-19,21-24,40,47-48H,13-15,20,25-27,29-39,41-43H2,1-7H3,(H,68,78)/t47-,48-,63-/m0/s1. The zero-order chi connectivity index (χ0) is 61.2. The van der Waals surface area contributed by atoms with Crippen LogP contribution in [0, 0.1) is 23.0 Å². The third-order valence-electron chi connectivity index (χ3n) is 15.9. The highest BCUT2D eigenvalue weighted by Crippen LogP contribution is 2.51. The third-order valence-corrected chi connectivity index (χ3v) is 19.3. The Hall–Kier alpha value is -6.77. The number of amides is 4. The predicted molar refractivity (Wildman–Crippen MR) is 336 cm³/mol. The van der Waals surface area contributed by atoms with Crippen molar-refractivity contribution in [2.75, 3.05) is 95.6 Å². The molecule has 4 aliphatic heterocycles. The second kappa shape index (κ2) is 28.4. The number of rotatable bonds is 22. The Morgan fingerprint density at radius 1 is 0.930 bits per heavy atom. The maximum Gasteiger partial charge on any atom is 0.410 e. The summed E-state index contributed by atoms with van der Waals surface area (Å²) in [5.74, 6) is -0.550. The molecule has 1 aromatic heterocycles. The summed E-state index contributed by atoms with van der Waals surface area (Å²) in [5.41, 5.74) is 2.88. The lowest BCUT2D eigenvalue weighted by Gasteiger charge is -2.42. The number of hydrogen-bond donors (Lipinski definition) is 1. The molecule has 4 amide bonds. The van der Waals surface area contributed by atoms with Gasteiger partial charge >= 0.3 is 24.2 Å². The van der Waals surface area contributed by atoms with E-state index >= 15 is 4.39 Å². The molecule has 0 unspecified atom stereocenters. The first kappa shape index (κ1) is 63.7. The molecule has 5 heterocycles. The van der Waals surface area contributed by atoms with E-state index < -0.39 is 42.3 Å². The smallest absolute Gasteiger partial charge is 0.410 e.